The Balaban J connectivity index is 1.78. The third-order valence-electron chi connectivity index (χ3n) is 6.11. The van der Waals surface area contributed by atoms with Crippen LogP contribution in [0.3, 0.4) is 0 Å². The largest absolute Gasteiger partial charge is 0.481 e. The number of hydrogen-bond acceptors (Lipinski definition) is 7. The number of carboxylic acid groups (broad SMARTS) is 1. The van der Waals surface area contributed by atoms with Crippen LogP contribution < -0.4 is 5.32 Å². The van der Waals surface area contributed by atoms with Crippen molar-refractivity contribution < 1.29 is 23.8 Å². The van der Waals surface area contributed by atoms with Crippen molar-refractivity contribution in [2.75, 3.05) is 7.11 Å². The summed E-state index contributed by atoms with van der Waals surface area (Å²) in [5, 5.41) is 14.8. The predicted octanol–water partition coefficient (Wildman–Crippen LogP) is 4.73. The first-order chi connectivity index (χ1) is 15.9. The number of allylic oxidation sites excluding steroid dienone is 1. The van der Waals surface area contributed by atoms with Crippen LogP contribution in [-0.2, 0) is 14.3 Å². The fraction of sp³-hybridized carbons (Fsp3) is 0.391. The summed E-state index contributed by atoms with van der Waals surface area (Å²) < 4.78 is 19.4. The number of carbonyl (C=O) groups is 2. The molecule has 4 rings (SSSR count). The number of thiazole rings is 1. The van der Waals surface area contributed by atoms with Crippen LogP contribution in [0, 0.1) is 17.7 Å². The van der Waals surface area contributed by atoms with E-state index in [0.717, 1.165) is 12.8 Å². The smallest absolute Gasteiger partial charge is 0.338 e. The number of carbonyl (C=O) groups excluding carboxylic acids is 1. The number of benzene rings is 1. The number of rotatable bonds is 6. The summed E-state index contributed by atoms with van der Waals surface area (Å²) in [5.41, 5.74) is 1.30. The van der Waals surface area contributed by atoms with Gasteiger partial charge in [0, 0.05) is 29.3 Å². The monoisotopic (exact) mass is 491 g/mol. The zero-order chi connectivity index (χ0) is 23.5. The second kappa shape index (κ2) is 10.0. The first-order valence-corrected chi connectivity index (χ1v) is 11.9. The molecule has 2 heterocycles. The van der Waals surface area contributed by atoms with Crippen molar-refractivity contribution >= 4 is 40.7 Å². The first kappa shape index (κ1) is 23.4. The van der Waals surface area contributed by atoms with Crippen molar-refractivity contribution in [2.45, 2.75) is 38.1 Å². The maximum atomic E-state index is 14.3. The summed E-state index contributed by atoms with van der Waals surface area (Å²) in [6.07, 6.45) is 4.66. The van der Waals surface area contributed by atoms with E-state index in [2.05, 4.69) is 10.3 Å². The number of aliphatic imine (C=N–C) groups is 1. The lowest BCUT2D eigenvalue weighted by molar-refractivity contribution is -0.138. The van der Waals surface area contributed by atoms with E-state index in [4.69, 9.17) is 26.4 Å². The number of aromatic nitrogens is 1. The van der Waals surface area contributed by atoms with E-state index in [1.165, 1.54) is 30.6 Å². The molecule has 0 spiro atoms. The Kier molecular flexibility index (Phi) is 7.09. The average Bonchev–Trinajstić information content (AvgIpc) is 3.35. The van der Waals surface area contributed by atoms with Gasteiger partial charge in [0.1, 0.15) is 11.9 Å². The molecule has 10 heteroatoms. The van der Waals surface area contributed by atoms with Gasteiger partial charge in [-0.1, -0.05) is 23.7 Å². The summed E-state index contributed by atoms with van der Waals surface area (Å²) in [5.74, 6) is -1.43. The maximum Gasteiger partial charge on any atom is 0.338 e. The molecule has 33 heavy (non-hydrogen) atoms. The van der Waals surface area contributed by atoms with Crippen LogP contribution in [0.15, 0.2) is 46.0 Å². The number of halogens is 2. The number of ether oxygens (including phenoxy) is 1. The van der Waals surface area contributed by atoms with Crippen molar-refractivity contribution in [1.29, 1.82) is 0 Å². The van der Waals surface area contributed by atoms with Crippen molar-refractivity contribution in [3.05, 3.63) is 62.5 Å². The number of esters is 1. The minimum Gasteiger partial charge on any atom is -0.481 e. The molecule has 0 saturated heterocycles. The molecule has 1 aromatic heterocycles. The quantitative estimate of drug-likeness (QED) is 0.566. The average molecular weight is 492 g/mol. The molecule has 1 unspecified atom stereocenters. The fourth-order valence-electron chi connectivity index (χ4n) is 4.53. The van der Waals surface area contributed by atoms with Gasteiger partial charge in [-0.3, -0.25) is 9.79 Å². The van der Waals surface area contributed by atoms with Crippen LogP contribution in [0.4, 0.5) is 4.39 Å². The van der Waals surface area contributed by atoms with Crippen molar-refractivity contribution in [1.82, 2.24) is 10.3 Å². The molecule has 1 aromatic carbocycles. The standard InChI is InChI=1S/C23H23ClFN3O4S/c1-32-23(31)17-19(13-7-5-12(6-8-13)11-16(29)30)27-21(22-26-9-10-33-22)28-20(17)14-3-2-4-15(25)18(14)24/h2-4,9-10,12-13,20H,5-8,11H2,1H3,(H,27,28)(H,29,30). The van der Waals surface area contributed by atoms with Gasteiger partial charge in [-0.25, -0.2) is 14.2 Å². The van der Waals surface area contributed by atoms with Gasteiger partial charge in [-0.2, -0.15) is 0 Å². The number of aliphatic carboxylic acids is 1. The van der Waals surface area contributed by atoms with E-state index >= 15 is 0 Å². The zero-order valence-electron chi connectivity index (χ0n) is 17.9. The van der Waals surface area contributed by atoms with E-state index in [0.29, 0.717) is 34.9 Å². The molecule has 1 atom stereocenters. The van der Waals surface area contributed by atoms with Crippen molar-refractivity contribution in [3.63, 3.8) is 0 Å². The van der Waals surface area contributed by atoms with Crippen LogP contribution >= 0.6 is 22.9 Å². The minimum atomic E-state index is -0.868. The number of hydrogen-bond donors (Lipinski definition) is 2. The lowest BCUT2D eigenvalue weighted by Crippen LogP contribution is -2.38. The SMILES string of the molecule is COC(=O)C1=C(C2CCC(CC(=O)O)CC2)NC(c2nccs2)=NC1c1cccc(F)c1Cl. The molecular formula is C23H23ClFN3O4S. The molecule has 1 aliphatic carbocycles. The lowest BCUT2D eigenvalue weighted by atomic mass is 9.77. The van der Waals surface area contributed by atoms with Crippen molar-refractivity contribution in [3.8, 4) is 0 Å². The fourth-order valence-corrected chi connectivity index (χ4v) is 5.35. The number of methoxy groups -OCH3 is 1. The highest BCUT2D eigenvalue weighted by atomic mass is 35.5. The Morgan fingerprint density at radius 2 is 2.06 bits per heavy atom. The number of nitrogens with zero attached hydrogens (tertiary/aromatic N) is 2. The van der Waals surface area contributed by atoms with Crippen LogP contribution in [0.25, 0.3) is 0 Å². The number of carboxylic acids is 1. The van der Waals surface area contributed by atoms with Gasteiger partial charge in [0.2, 0.25) is 0 Å². The van der Waals surface area contributed by atoms with Gasteiger partial charge in [0.05, 0.1) is 17.7 Å². The topological polar surface area (TPSA) is 101 Å². The molecule has 0 bridgehead atoms. The molecule has 1 fully saturated rings. The summed E-state index contributed by atoms with van der Waals surface area (Å²) in [6.45, 7) is 0. The van der Waals surface area contributed by atoms with E-state index in [9.17, 15) is 14.0 Å². The second-order valence-corrected chi connectivity index (χ2v) is 9.39. The first-order valence-electron chi connectivity index (χ1n) is 10.6. The normalized spacial score (nSPS) is 23.0. The summed E-state index contributed by atoms with van der Waals surface area (Å²) >= 11 is 7.70. The summed E-state index contributed by atoms with van der Waals surface area (Å²) in [7, 11) is 1.29. The van der Waals surface area contributed by atoms with E-state index in [1.54, 1.807) is 12.3 Å². The van der Waals surface area contributed by atoms with Crippen molar-refractivity contribution in [2.24, 2.45) is 16.8 Å². The maximum absolute atomic E-state index is 14.3. The van der Waals surface area contributed by atoms with Crippen LogP contribution in [0.1, 0.15) is 48.7 Å². The van der Waals surface area contributed by atoms with E-state index in [-0.39, 0.29) is 28.9 Å². The van der Waals surface area contributed by atoms with Gasteiger partial charge in [0.15, 0.2) is 10.8 Å². The summed E-state index contributed by atoms with van der Waals surface area (Å²) in [6, 6.07) is 3.56. The van der Waals surface area contributed by atoms with Crippen LogP contribution in [0.2, 0.25) is 5.02 Å². The summed E-state index contributed by atoms with van der Waals surface area (Å²) in [4.78, 5) is 33.2. The minimum absolute atomic E-state index is 0.0376. The van der Waals surface area contributed by atoms with Gasteiger partial charge >= 0.3 is 11.9 Å². The van der Waals surface area contributed by atoms with Crippen LogP contribution in [-0.4, -0.2) is 35.0 Å². The second-order valence-electron chi connectivity index (χ2n) is 8.12. The highest BCUT2D eigenvalue weighted by Crippen LogP contribution is 2.42. The molecule has 174 valence electrons. The van der Waals surface area contributed by atoms with Gasteiger partial charge in [0.25, 0.3) is 0 Å². The molecule has 7 nitrogen and oxygen atoms in total. The molecule has 0 amide bonds. The Labute approximate surface area is 199 Å². The highest BCUT2D eigenvalue weighted by molar-refractivity contribution is 7.11. The molecule has 1 saturated carbocycles. The Bertz CT molecular complexity index is 1110. The van der Waals surface area contributed by atoms with Gasteiger partial charge in [-0.05, 0) is 43.6 Å². The van der Waals surface area contributed by atoms with Gasteiger partial charge in [-0.15, -0.1) is 11.3 Å². The molecule has 2 aliphatic rings. The van der Waals surface area contributed by atoms with Gasteiger partial charge < -0.3 is 15.2 Å². The molecule has 1 aliphatic heterocycles. The molecular weight excluding hydrogens is 469 g/mol. The Hall–Kier alpha value is -2.78. The highest BCUT2D eigenvalue weighted by Gasteiger charge is 2.38. The molecule has 2 aromatic rings. The Morgan fingerprint density at radius 3 is 2.70 bits per heavy atom. The zero-order valence-corrected chi connectivity index (χ0v) is 19.5. The molecule has 0 radical (unpaired) electrons. The van der Waals surface area contributed by atoms with E-state index < -0.39 is 23.8 Å². The number of nitrogens with one attached hydrogen (secondary N) is 1. The lowest BCUT2D eigenvalue weighted by Gasteiger charge is -2.35. The van der Waals surface area contributed by atoms with E-state index in [1.807, 2.05) is 5.38 Å². The third-order valence-corrected chi connectivity index (χ3v) is 7.29. The third kappa shape index (κ3) is 4.94. The predicted molar refractivity (Wildman–Crippen MR) is 123 cm³/mol. The Morgan fingerprint density at radius 1 is 1.30 bits per heavy atom. The molecule has 2 N–H and O–H groups in total. The number of amidine groups is 1. The van der Waals surface area contributed by atoms with Crippen LogP contribution in [0.5, 0.6) is 0 Å².